The molecule has 5 nitrogen and oxygen atoms in total. The Kier molecular flexibility index (Phi) is 7.36. The van der Waals surface area contributed by atoms with Gasteiger partial charge in [0.15, 0.2) is 17.6 Å². The van der Waals surface area contributed by atoms with Crippen molar-refractivity contribution in [1.82, 2.24) is 15.5 Å². The van der Waals surface area contributed by atoms with Gasteiger partial charge < -0.3 is 15.5 Å². The lowest BCUT2D eigenvalue weighted by atomic mass is 10.1. The minimum atomic E-state index is -0.836. The fourth-order valence-electron chi connectivity index (χ4n) is 2.99. The number of halogens is 2. The van der Waals surface area contributed by atoms with E-state index in [1.807, 2.05) is 25.7 Å². The van der Waals surface area contributed by atoms with Crippen LogP contribution in [0, 0.1) is 17.6 Å². The summed E-state index contributed by atoms with van der Waals surface area (Å²) in [5, 5.41) is 6.49. The molecular formula is C19H28F2N4O. The Morgan fingerprint density at radius 2 is 2.15 bits per heavy atom. The summed E-state index contributed by atoms with van der Waals surface area (Å²) >= 11 is 0. The Morgan fingerprint density at radius 3 is 2.85 bits per heavy atom. The second-order valence-electron chi connectivity index (χ2n) is 6.79. The van der Waals surface area contributed by atoms with Crippen molar-refractivity contribution < 1.29 is 13.6 Å². The number of rotatable bonds is 6. The molecule has 1 amide bonds. The van der Waals surface area contributed by atoms with Gasteiger partial charge in [-0.3, -0.25) is 9.79 Å². The number of hydrogen-bond acceptors (Lipinski definition) is 2. The van der Waals surface area contributed by atoms with Gasteiger partial charge in [-0.05, 0) is 31.4 Å². The molecule has 26 heavy (non-hydrogen) atoms. The Balaban J connectivity index is 1.91. The first-order valence-electron chi connectivity index (χ1n) is 9.18. The molecule has 0 saturated carbocycles. The van der Waals surface area contributed by atoms with Crippen LogP contribution in [0.5, 0.6) is 0 Å². The molecule has 0 radical (unpaired) electrons. The van der Waals surface area contributed by atoms with Gasteiger partial charge in [-0.1, -0.05) is 26.0 Å². The van der Waals surface area contributed by atoms with Gasteiger partial charge in [-0.15, -0.1) is 0 Å². The summed E-state index contributed by atoms with van der Waals surface area (Å²) in [4.78, 5) is 18.4. The molecule has 7 heteroatoms. The Hall–Kier alpha value is -2.18. The lowest BCUT2D eigenvalue weighted by Crippen LogP contribution is -2.45. The van der Waals surface area contributed by atoms with E-state index in [1.54, 1.807) is 6.07 Å². The number of benzene rings is 1. The summed E-state index contributed by atoms with van der Waals surface area (Å²) in [6.45, 7) is 8.20. The first-order valence-corrected chi connectivity index (χ1v) is 9.18. The highest BCUT2D eigenvalue weighted by atomic mass is 19.2. The van der Waals surface area contributed by atoms with Crippen LogP contribution in [0.25, 0.3) is 0 Å². The van der Waals surface area contributed by atoms with Gasteiger partial charge in [-0.2, -0.15) is 0 Å². The van der Waals surface area contributed by atoms with Crippen molar-refractivity contribution in [3.8, 4) is 0 Å². The van der Waals surface area contributed by atoms with Crippen molar-refractivity contribution in [2.75, 3.05) is 26.2 Å². The lowest BCUT2D eigenvalue weighted by molar-refractivity contribution is -0.133. The topological polar surface area (TPSA) is 56.7 Å². The Bertz CT molecular complexity index is 648. The first-order chi connectivity index (χ1) is 12.4. The van der Waals surface area contributed by atoms with Crippen LogP contribution in [-0.2, 0) is 11.2 Å². The van der Waals surface area contributed by atoms with E-state index in [9.17, 15) is 13.6 Å². The molecule has 1 aliphatic heterocycles. The average molecular weight is 366 g/mol. The third kappa shape index (κ3) is 5.41. The van der Waals surface area contributed by atoms with Crippen molar-refractivity contribution >= 4 is 11.9 Å². The van der Waals surface area contributed by atoms with Crippen LogP contribution in [-0.4, -0.2) is 49.0 Å². The fourth-order valence-corrected chi connectivity index (χ4v) is 2.99. The molecule has 2 N–H and O–H groups in total. The molecule has 1 aliphatic rings. The van der Waals surface area contributed by atoms with Gasteiger partial charge in [0.1, 0.15) is 0 Å². The first kappa shape index (κ1) is 20.1. The predicted octanol–water partition coefficient (Wildman–Crippen LogP) is 2.32. The van der Waals surface area contributed by atoms with Crippen molar-refractivity contribution in [2.24, 2.45) is 10.9 Å². The maximum absolute atomic E-state index is 13.7. The van der Waals surface area contributed by atoms with Crippen LogP contribution in [0.3, 0.4) is 0 Å². The fraction of sp³-hybridized carbons (Fsp3) is 0.579. The molecular weight excluding hydrogens is 338 g/mol. The van der Waals surface area contributed by atoms with Crippen LogP contribution < -0.4 is 10.6 Å². The largest absolute Gasteiger partial charge is 0.357 e. The van der Waals surface area contributed by atoms with E-state index < -0.39 is 11.6 Å². The zero-order valence-corrected chi connectivity index (χ0v) is 15.7. The average Bonchev–Trinajstić information content (AvgIpc) is 3.06. The molecule has 0 bridgehead atoms. The highest BCUT2D eigenvalue weighted by molar-refractivity contribution is 5.81. The van der Waals surface area contributed by atoms with E-state index >= 15 is 0 Å². The second-order valence-corrected chi connectivity index (χ2v) is 6.79. The molecule has 1 atom stereocenters. The number of aliphatic imine (C=N–C) groups is 1. The minimum Gasteiger partial charge on any atom is -0.357 e. The van der Waals surface area contributed by atoms with Gasteiger partial charge in [0.25, 0.3) is 0 Å². The van der Waals surface area contributed by atoms with Crippen LogP contribution in [0.15, 0.2) is 23.2 Å². The summed E-state index contributed by atoms with van der Waals surface area (Å²) in [6, 6.07) is 4.32. The van der Waals surface area contributed by atoms with Gasteiger partial charge >= 0.3 is 0 Å². The zero-order valence-electron chi connectivity index (χ0n) is 15.7. The van der Waals surface area contributed by atoms with E-state index in [4.69, 9.17) is 0 Å². The zero-order chi connectivity index (χ0) is 19.1. The van der Waals surface area contributed by atoms with E-state index in [-0.39, 0.29) is 17.9 Å². The number of likely N-dealkylation sites (tertiary alicyclic amines) is 1. The van der Waals surface area contributed by atoms with Crippen LogP contribution >= 0.6 is 0 Å². The predicted molar refractivity (Wildman–Crippen MR) is 99.0 cm³/mol. The monoisotopic (exact) mass is 366 g/mol. The smallest absolute Gasteiger partial charge is 0.225 e. The highest BCUT2D eigenvalue weighted by Crippen LogP contribution is 2.13. The minimum absolute atomic E-state index is 0.00295. The SMILES string of the molecule is CCNC(=NCCc1cccc(F)c1F)NC1CCN(C(=O)C(C)C)C1. The molecule has 144 valence electrons. The standard InChI is InChI=1S/C19H28F2N4O/c1-4-22-19(23-10-8-14-6-5-7-16(20)17(14)21)24-15-9-11-25(12-15)18(26)13(2)3/h5-7,13,15H,4,8-12H2,1-3H3,(H2,22,23,24). The lowest BCUT2D eigenvalue weighted by Gasteiger charge is -2.20. The summed E-state index contributed by atoms with van der Waals surface area (Å²) in [6.07, 6.45) is 1.18. The highest BCUT2D eigenvalue weighted by Gasteiger charge is 2.27. The van der Waals surface area contributed by atoms with Crippen molar-refractivity contribution in [1.29, 1.82) is 0 Å². The molecule has 0 spiro atoms. The number of amides is 1. The molecule has 1 heterocycles. The number of carbonyl (C=O) groups is 1. The Morgan fingerprint density at radius 1 is 1.38 bits per heavy atom. The van der Waals surface area contributed by atoms with Gasteiger partial charge in [0.2, 0.25) is 5.91 Å². The number of hydrogen-bond donors (Lipinski definition) is 2. The number of guanidine groups is 1. The van der Waals surface area contributed by atoms with Crippen LogP contribution in [0.4, 0.5) is 8.78 Å². The Labute approximate surface area is 153 Å². The third-order valence-corrected chi connectivity index (χ3v) is 4.36. The van der Waals surface area contributed by atoms with Crippen molar-refractivity contribution in [3.63, 3.8) is 0 Å². The van der Waals surface area contributed by atoms with E-state index in [0.29, 0.717) is 37.6 Å². The molecule has 2 rings (SSSR count). The summed E-state index contributed by atoms with van der Waals surface area (Å²) in [5.74, 6) is -0.848. The van der Waals surface area contributed by atoms with Crippen molar-refractivity contribution in [3.05, 3.63) is 35.4 Å². The van der Waals surface area contributed by atoms with Gasteiger partial charge in [-0.25, -0.2) is 8.78 Å². The second kappa shape index (κ2) is 9.50. The molecule has 1 aromatic carbocycles. The van der Waals surface area contributed by atoms with Gasteiger partial charge in [0, 0.05) is 38.1 Å². The van der Waals surface area contributed by atoms with Crippen molar-refractivity contribution in [2.45, 2.75) is 39.7 Å². The van der Waals surface area contributed by atoms with E-state index in [1.165, 1.54) is 6.07 Å². The van der Waals surface area contributed by atoms with Gasteiger partial charge in [0.05, 0.1) is 0 Å². The summed E-state index contributed by atoms with van der Waals surface area (Å²) in [7, 11) is 0. The number of carbonyl (C=O) groups excluding carboxylic acids is 1. The quantitative estimate of drug-likeness (QED) is 0.600. The molecule has 1 aromatic rings. The van der Waals surface area contributed by atoms with E-state index in [2.05, 4.69) is 15.6 Å². The number of nitrogens with one attached hydrogen (secondary N) is 2. The van der Waals surface area contributed by atoms with E-state index in [0.717, 1.165) is 19.0 Å². The summed E-state index contributed by atoms with van der Waals surface area (Å²) in [5.41, 5.74) is 0.319. The molecule has 1 unspecified atom stereocenters. The van der Waals surface area contributed by atoms with Crippen LogP contribution in [0.2, 0.25) is 0 Å². The summed E-state index contributed by atoms with van der Waals surface area (Å²) < 4.78 is 26.9. The van der Waals surface area contributed by atoms with Crippen LogP contribution in [0.1, 0.15) is 32.8 Å². The maximum Gasteiger partial charge on any atom is 0.225 e. The molecule has 1 saturated heterocycles. The normalized spacial score (nSPS) is 17.7. The molecule has 0 aliphatic carbocycles. The maximum atomic E-state index is 13.7. The number of nitrogens with zero attached hydrogens (tertiary/aromatic N) is 2. The molecule has 1 fully saturated rings. The molecule has 0 aromatic heterocycles. The third-order valence-electron chi connectivity index (χ3n) is 4.36.